The van der Waals surface area contributed by atoms with Crippen LogP contribution >= 0.6 is 0 Å². The maximum Gasteiger partial charge on any atom is 0.407 e. The summed E-state index contributed by atoms with van der Waals surface area (Å²) in [6, 6.07) is 14.9. The minimum absolute atomic E-state index is 0.00115. The molecule has 5 aromatic rings. The molecule has 0 spiro atoms. The first-order valence-corrected chi connectivity index (χ1v) is 42.4. The highest BCUT2D eigenvalue weighted by Gasteiger charge is 2.47. The number of carbonyl (C=O) groups is 18. The zero-order valence-electron chi connectivity index (χ0n) is 75.3. The Balaban J connectivity index is 0.747. The number of cyclic esters (lactones) is 1. The quantitative estimate of drug-likeness (QED) is 0.0166. The van der Waals surface area contributed by atoms with Crippen LogP contribution in [0.3, 0.4) is 0 Å². The fourth-order valence-corrected chi connectivity index (χ4v) is 15.0. The number of halogens is 1. The highest BCUT2D eigenvalue weighted by molar-refractivity contribution is 6.13. The number of ether oxygens (including phenoxy) is 2. The largest absolute Gasteiger partial charge is 0.458 e. The molecule has 4 atom stereocenters. The van der Waals surface area contributed by atoms with Crippen LogP contribution in [0.2, 0.25) is 0 Å². The normalized spacial score (nSPS) is 14.8. The molecule has 130 heavy (non-hydrogen) atoms. The molecule has 0 saturated carbocycles. The third-order valence-corrected chi connectivity index (χ3v) is 23.4. The van der Waals surface area contributed by atoms with Gasteiger partial charge in [-0.1, -0.05) is 55.8 Å². The third kappa shape index (κ3) is 25.5. The van der Waals surface area contributed by atoms with Crippen molar-refractivity contribution in [3.63, 3.8) is 0 Å². The van der Waals surface area contributed by atoms with Crippen LogP contribution < -0.4 is 32.1 Å². The number of imide groups is 1. The van der Waals surface area contributed by atoms with Crippen molar-refractivity contribution in [3.05, 3.63) is 140 Å². The second-order valence-electron chi connectivity index (χ2n) is 33.1. The smallest absolute Gasteiger partial charge is 0.407 e. The number of aliphatic hydroxyl groups is 1. The number of alkyl carbamates (subject to hydrolysis) is 1. The highest BCUT2D eigenvalue weighted by Crippen LogP contribution is 2.46. The van der Waals surface area contributed by atoms with E-state index in [0.29, 0.717) is 82.3 Å². The van der Waals surface area contributed by atoms with Gasteiger partial charge in [0.1, 0.15) is 31.1 Å². The lowest BCUT2D eigenvalue weighted by molar-refractivity contribution is -0.172. The molecule has 0 unspecified atom stereocenters. The molecule has 3 aliphatic heterocycles. The number of benzene rings is 3. The number of hydrogen-bond donors (Lipinski definition) is 6. The molecule has 2 aromatic heterocycles. The predicted molar refractivity (Wildman–Crippen MR) is 466 cm³/mol. The van der Waals surface area contributed by atoms with Gasteiger partial charge in [0.2, 0.25) is 82.7 Å². The number of aromatic nitrogens is 2. The van der Waals surface area contributed by atoms with E-state index in [1.165, 1.54) is 105 Å². The fourth-order valence-electron chi connectivity index (χ4n) is 15.0. The number of nitrogens with one attached hydrogen (secondary N) is 5. The van der Waals surface area contributed by atoms with Gasteiger partial charge in [0.25, 0.3) is 17.4 Å². The standard InChI is InChI=1S/C89H113FN18O22/c1-14-89(128)61-38-67-83-59(40-108(67)86(125)60(61)52-129-87(89)126)82-63(32-31-58-53(2)62(90)39-65(94-83)81(58)82)96-88(127)130-51-56-27-29-57(30-28-56)92-84(123)64(95-85(124)66(37-55-23-17-15-18-24-55)93-68(110)26-19-16-22-36-107-70(112)33-34-71(107)113)25-20-21-35-91-69(111)41-98(5)73(115)43-100(7)75(117)45-102(9)77(119)47-104(11)79(121)49-106(13)80(122)50-105(12)78(120)48-103(10)76(118)46-101(8)74(116)44-99(6)72(114)42-97(4)54(3)109/h15,17-18,23-24,27-30,33-34,38-39,63-64,66,128H,14,16,19-22,25-26,31-32,35-37,40-52H2,1-13H3,(H,91,111)(H,92,123)(H,93,110)(H,95,124)(H,96,127)/t63-,64-,66-,89-/m0/s1. The first-order chi connectivity index (χ1) is 61.5. The summed E-state index contributed by atoms with van der Waals surface area (Å²) in [7, 11) is 13.3. The Morgan fingerprint density at radius 3 is 1.59 bits per heavy atom. The number of amides is 17. The van der Waals surface area contributed by atoms with E-state index in [4.69, 9.17) is 14.5 Å². The van der Waals surface area contributed by atoms with Crippen molar-refractivity contribution in [2.24, 2.45) is 0 Å². The van der Waals surface area contributed by atoms with Crippen LogP contribution in [0.4, 0.5) is 14.9 Å². The molecule has 0 saturated heterocycles. The number of anilines is 1. The minimum Gasteiger partial charge on any atom is -0.458 e. The summed E-state index contributed by atoms with van der Waals surface area (Å²) in [6.45, 7) is -0.443. The van der Waals surface area contributed by atoms with Gasteiger partial charge in [-0.25, -0.2) is 19.0 Å². The molecule has 0 radical (unpaired) electrons. The Kier molecular flexibility index (Phi) is 34.3. The van der Waals surface area contributed by atoms with Crippen LogP contribution in [0.15, 0.2) is 83.7 Å². The Morgan fingerprint density at radius 1 is 0.577 bits per heavy atom. The number of carbonyl (C=O) groups excluding carboxylic acids is 18. The van der Waals surface area contributed by atoms with Crippen molar-refractivity contribution in [2.75, 3.05) is 154 Å². The third-order valence-electron chi connectivity index (χ3n) is 23.4. The van der Waals surface area contributed by atoms with E-state index in [9.17, 15) is 96.2 Å². The SMILES string of the molecule is CC[C@@]1(O)C(=O)OCc2c1cc1n(c2=O)Cc2c-1nc1cc(F)c(C)c3c1c2[C@@H](NC(=O)OCc1ccc(NC(=O)[C@H](CCCCNC(=O)CN(C)C(=O)CN(C)C(=O)CN(C)C(=O)CN(C)C(=O)CN(C)C(=O)CN(C)C(=O)CN(C)C(=O)CN(C)C(=O)CN(C)C(=O)CN(C)C(C)=O)NC(=O)[C@H](Cc2ccccc2)NC(=O)CCCCCN2C(=O)C=CC2=O)cc1)CC3. The van der Waals surface area contributed by atoms with Gasteiger partial charge >= 0.3 is 12.1 Å². The van der Waals surface area contributed by atoms with Gasteiger partial charge < -0.3 is 94.7 Å². The fraction of sp³-hybridized carbons (Fsp3) is 0.483. The number of rotatable bonds is 42. The zero-order chi connectivity index (χ0) is 95.4. The number of nitrogens with zero attached hydrogens (tertiary/aromatic N) is 13. The number of fused-ring (bicyclic) bond motifs is 5. The Morgan fingerprint density at radius 2 is 1.08 bits per heavy atom. The summed E-state index contributed by atoms with van der Waals surface area (Å²) >= 11 is 0. The van der Waals surface area contributed by atoms with Crippen LogP contribution in [0.1, 0.15) is 122 Å². The van der Waals surface area contributed by atoms with Crippen molar-refractivity contribution < 1.29 is 105 Å². The van der Waals surface area contributed by atoms with Crippen molar-refractivity contribution in [2.45, 2.75) is 135 Å². The van der Waals surface area contributed by atoms with E-state index >= 15 is 4.39 Å². The van der Waals surface area contributed by atoms with Gasteiger partial charge in [0.15, 0.2) is 5.60 Å². The van der Waals surface area contributed by atoms with Gasteiger partial charge in [-0.15, -0.1) is 0 Å². The van der Waals surface area contributed by atoms with E-state index in [-0.39, 0.29) is 113 Å². The molecular weight excluding hydrogens is 1690 g/mol. The average Bonchev–Trinajstić information content (AvgIpc) is 1.51. The number of likely N-dealkylation sites (N-methyl/N-ethyl adjacent to an activating group) is 10. The topological polar surface area (TPSA) is 477 Å². The molecule has 5 heterocycles. The van der Waals surface area contributed by atoms with Gasteiger partial charge in [0.05, 0.1) is 101 Å². The van der Waals surface area contributed by atoms with Crippen LogP contribution in [-0.2, 0) is 129 Å². The molecule has 1 aliphatic carbocycles. The average molecular weight is 1810 g/mol. The number of pyridine rings is 2. The Bertz CT molecular complexity index is 5320. The molecule has 3 aromatic carbocycles. The Hall–Kier alpha value is -13.9. The van der Waals surface area contributed by atoms with Crippen molar-refractivity contribution in [1.29, 1.82) is 0 Å². The minimum atomic E-state index is -2.10. The zero-order valence-corrected chi connectivity index (χ0v) is 75.3. The second-order valence-corrected chi connectivity index (χ2v) is 33.1. The molecule has 0 bridgehead atoms. The molecule has 4 aliphatic rings. The lowest BCUT2D eigenvalue weighted by atomic mass is 9.81. The summed E-state index contributed by atoms with van der Waals surface area (Å²) in [5.74, 6) is -10.7. The highest BCUT2D eigenvalue weighted by atomic mass is 19.1. The lowest BCUT2D eigenvalue weighted by Crippen LogP contribution is -2.53. The van der Waals surface area contributed by atoms with Crippen LogP contribution in [0.5, 0.6) is 0 Å². The summed E-state index contributed by atoms with van der Waals surface area (Å²) in [4.78, 5) is 267. The predicted octanol–water partition coefficient (Wildman–Crippen LogP) is -0.0326. The molecule has 40 nitrogen and oxygen atoms in total. The summed E-state index contributed by atoms with van der Waals surface area (Å²) in [5, 5.41) is 26.4. The summed E-state index contributed by atoms with van der Waals surface area (Å²) in [6.07, 6.45) is 3.93. The molecule has 0 fully saturated rings. The van der Waals surface area contributed by atoms with Crippen LogP contribution in [-0.4, -0.2) is 336 Å². The summed E-state index contributed by atoms with van der Waals surface area (Å²) in [5.41, 5.74) is 2.29. The van der Waals surface area contributed by atoms with Gasteiger partial charge in [0, 0.05) is 144 Å². The number of aryl methyl sites for hydroxylation is 1. The number of esters is 1. The molecule has 17 amide bonds. The van der Waals surface area contributed by atoms with Gasteiger partial charge in [-0.2, -0.15) is 0 Å². The monoisotopic (exact) mass is 1800 g/mol. The van der Waals surface area contributed by atoms with Crippen molar-refractivity contribution in [1.82, 2.24) is 84.7 Å². The molecule has 41 heteroatoms. The van der Waals surface area contributed by atoms with E-state index < -0.39 is 188 Å². The maximum atomic E-state index is 15.7. The van der Waals surface area contributed by atoms with Crippen LogP contribution in [0, 0.1) is 12.7 Å². The molecule has 9 rings (SSSR count). The van der Waals surface area contributed by atoms with E-state index in [1.807, 2.05) is 0 Å². The lowest BCUT2D eigenvalue weighted by Gasteiger charge is -2.31. The van der Waals surface area contributed by atoms with E-state index in [0.717, 1.165) is 49.0 Å². The number of hydrogen-bond acceptors (Lipinski definition) is 23. The van der Waals surface area contributed by atoms with E-state index in [1.54, 1.807) is 74.5 Å². The second kappa shape index (κ2) is 44.7. The first-order valence-electron chi connectivity index (χ1n) is 42.4. The Labute approximate surface area is 750 Å². The maximum absolute atomic E-state index is 15.7. The van der Waals surface area contributed by atoms with Gasteiger partial charge in [-0.3, -0.25) is 86.4 Å². The van der Waals surface area contributed by atoms with E-state index in [2.05, 4.69) is 26.6 Å². The molecular formula is C89H113FN18O22. The molecule has 698 valence electrons. The molecule has 6 N–H and O–H groups in total. The van der Waals surface area contributed by atoms with Gasteiger partial charge in [-0.05, 0) is 104 Å². The first kappa shape index (κ1) is 99.9. The van der Waals surface area contributed by atoms with Crippen LogP contribution in [0.25, 0.3) is 22.3 Å². The van der Waals surface area contributed by atoms with Crippen molar-refractivity contribution in [3.8, 4) is 11.4 Å². The van der Waals surface area contributed by atoms with Crippen molar-refractivity contribution >= 4 is 123 Å². The summed E-state index contributed by atoms with van der Waals surface area (Å²) < 4.78 is 28.2. The number of unbranched alkanes of at least 4 members (excludes halogenated alkanes) is 3.